The van der Waals surface area contributed by atoms with Gasteiger partial charge in [0.1, 0.15) is 4.90 Å². The van der Waals surface area contributed by atoms with Crippen molar-refractivity contribution in [2.24, 2.45) is 10.8 Å². The van der Waals surface area contributed by atoms with Crippen molar-refractivity contribution < 1.29 is 26.9 Å². The van der Waals surface area contributed by atoms with E-state index in [1.807, 2.05) is 6.92 Å². The number of rotatable bonds is 7. The van der Waals surface area contributed by atoms with Gasteiger partial charge in [0, 0.05) is 47.8 Å². The van der Waals surface area contributed by atoms with Gasteiger partial charge in [-0.15, -0.1) is 0 Å². The summed E-state index contributed by atoms with van der Waals surface area (Å²) in [5.41, 5.74) is 3.66. The predicted molar refractivity (Wildman–Crippen MR) is 157 cm³/mol. The molecule has 0 bridgehead atoms. The van der Waals surface area contributed by atoms with Crippen LogP contribution in [0.25, 0.3) is 0 Å². The highest BCUT2D eigenvalue weighted by molar-refractivity contribution is 7.87. The minimum Gasteiger partial charge on any atom is -0.490 e. The number of hydrogen-bond donors (Lipinski definition) is 0. The molecule has 0 saturated carbocycles. The van der Waals surface area contributed by atoms with E-state index in [1.165, 1.54) is 12.1 Å². The van der Waals surface area contributed by atoms with Crippen molar-refractivity contribution >= 4 is 21.7 Å². The van der Waals surface area contributed by atoms with E-state index in [2.05, 4.69) is 39.5 Å². The lowest BCUT2D eigenvalue weighted by Crippen LogP contribution is -2.44. The summed E-state index contributed by atoms with van der Waals surface area (Å²) in [7, 11) is -4.10. The van der Waals surface area contributed by atoms with Crippen LogP contribution in [0.1, 0.15) is 78.7 Å². The van der Waals surface area contributed by atoms with Crippen LogP contribution in [0.15, 0.2) is 76.0 Å². The Morgan fingerprint density at radius 2 is 1.37 bits per heavy atom. The monoisotopic (exact) mass is 577 g/mol. The third-order valence-electron chi connectivity index (χ3n) is 8.17. The first-order valence-electron chi connectivity index (χ1n) is 14.3. The predicted octanol–water partition coefficient (Wildman–Crippen LogP) is 6.56. The fourth-order valence-corrected chi connectivity index (χ4v) is 7.52. The van der Waals surface area contributed by atoms with Crippen LogP contribution in [0.2, 0.25) is 0 Å². The summed E-state index contributed by atoms with van der Waals surface area (Å²) in [6, 6.07) is 13.0. The van der Waals surface area contributed by atoms with Gasteiger partial charge >= 0.3 is 10.1 Å². The Hall–Kier alpha value is -3.39. The molecule has 3 aliphatic rings. The van der Waals surface area contributed by atoms with E-state index in [4.69, 9.17) is 8.92 Å². The summed E-state index contributed by atoms with van der Waals surface area (Å²) in [6.45, 7) is 13.3. The zero-order chi connectivity index (χ0) is 29.7. The molecule has 0 aromatic heterocycles. The molecule has 0 amide bonds. The van der Waals surface area contributed by atoms with Crippen molar-refractivity contribution in [3.05, 3.63) is 76.6 Å². The van der Waals surface area contributed by atoms with E-state index < -0.39 is 16.0 Å². The van der Waals surface area contributed by atoms with Gasteiger partial charge in [-0.1, -0.05) is 52.0 Å². The maximum absolute atomic E-state index is 13.9. The zero-order valence-corrected chi connectivity index (χ0v) is 25.6. The lowest BCUT2D eigenvalue weighted by Gasteiger charge is -2.48. The summed E-state index contributed by atoms with van der Waals surface area (Å²) >= 11 is 0. The van der Waals surface area contributed by atoms with Gasteiger partial charge in [-0.2, -0.15) is 8.42 Å². The van der Waals surface area contributed by atoms with Gasteiger partial charge in [-0.05, 0) is 67.3 Å². The second-order valence-electron chi connectivity index (χ2n) is 12.8. The van der Waals surface area contributed by atoms with Gasteiger partial charge in [-0.25, -0.2) is 0 Å². The first-order chi connectivity index (χ1) is 19.3. The topological polar surface area (TPSA) is 90.0 Å². The fourth-order valence-electron chi connectivity index (χ4n) is 6.56. The highest BCUT2D eigenvalue weighted by Gasteiger charge is 2.48. The molecular weight excluding hydrogens is 538 g/mol. The molecule has 0 fully saturated rings. The van der Waals surface area contributed by atoms with E-state index in [-0.39, 0.29) is 45.4 Å². The van der Waals surface area contributed by atoms with Crippen LogP contribution >= 0.6 is 0 Å². The number of allylic oxidation sites excluding steroid dienone is 4. The molecule has 41 heavy (non-hydrogen) atoms. The van der Waals surface area contributed by atoms with Gasteiger partial charge in [-0.3, -0.25) is 9.59 Å². The molecule has 5 rings (SSSR count). The summed E-state index contributed by atoms with van der Waals surface area (Å²) in [5, 5.41) is 0. The average molecular weight is 578 g/mol. The molecule has 0 saturated heterocycles. The Morgan fingerprint density at radius 3 is 1.88 bits per heavy atom. The lowest BCUT2D eigenvalue weighted by molar-refractivity contribution is -0.119. The molecule has 2 aromatic rings. The largest absolute Gasteiger partial charge is 0.490 e. The van der Waals surface area contributed by atoms with Crippen LogP contribution in [-0.4, -0.2) is 38.0 Å². The second-order valence-corrected chi connectivity index (χ2v) is 14.3. The summed E-state index contributed by atoms with van der Waals surface area (Å²) < 4.78 is 37.4. The Labute approximate surface area is 243 Å². The van der Waals surface area contributed by atoms with Crippen molar-refractivity contribution in [3.8, 4) is 11.5 Å². The number of carbonyl (C=O) groups is 2. The van der Waals surface area contributed by atoms with Crippen LogP contribution in [0.5, 0.6) is 11.5 Å². The number of Topliss-reactive ketones (excluding diaryl/α,β-unsaturated/α-hetero) is 2. The molecule has 0 spiro atoms. The maximum Gasteiger partial charge on any atom is 0.339 e. The molecular formula is C33H39NO6S. The molecule has 8 heteroatoms. The molecule has 1 heterocycles. The van der Waals surface area contributed by atoms with Crippen LogP contribution in [0.3, 0.4) is 0 Å². The molecule has 1 aliphatic heterocycles. The number of ether oxygens (including phenoxy) is 1. The lowest BCUT2D eigenvalue weighted by atomic mass is 9.63. The Balaban J connectivity index is 1.67. The summed E-state index contributed by atoms with van der Waals surface area (Å²) in [4.78, 5) is 30.0. The minimum absolute atomic E-state index is 0.0360. The van der Waals surface area contributed by atoms with Crippen LogP contribution < -0.4 is 8.92 Å². The number of ketones is 2. The van der Waals surface area contributed by atoms with Crippen molar-refractivity contribution in [1.29, 1.82) is 0 Å². The number of hydrogen-bond acceptors (Lipinski definition) is 7. The molecule has 2 aromatic carbocycles. The second kappa shape index (κ2) is 10.5. The highest BCUT2D eigenvalue weighted by atomic mass is 32.2. The van der Waals surface area contributed by atoms with E-state index in [1.54, 1.807) is 36.4 Å². The van der Waals surface area contributed by atoms with E-state index >= 15 is 0 Å². The first kappa shape index (κ1) is 29.1. The van der Waals surface area contributed by atoms with Crippen LogP contribution in [0, 0.1) is 10.8 Å². The van der Waals surface area contributed by atoms with Gasteiger partial charge in [0.2, 0.25) is 0 Å². The molecule has 218 valence electrons. The number of benzene rings is 2. The molecule has 0 radical (unpaired) electrons. The van der Waals surface area contributed by atoms with Gasteiger partial charge < -0.3 is 13.8 Å². The van der Waals surface area contributed by atoms with Gasteiger partial charge in [0.05, 0.1) is 6.61 Å². The highest BCUT2D eigenvalue weighted by Crippen LogP contribution is 2.54. The quantitative estimate of drug-likeness (QED) is 0.344. The van der Waals surface area contributed by atoms with Gasteiger partial charge in [0.25, 0.3) is 0 Å². The first-order valence-corrected chi connectivity index (χ1v) is 15.7. The molecule has 0 N–H and O–H groups in total. The summed E-state index contributed by atoms with van der Waals surface area (Å²) in [6.07, 6.45) is 2.27. The third-order valence-corrected chi connectivity index (χ3v) is 9.42. The standard InChI is InChI=1S/C33H39NO6S/c1-7-34-23-17-32(3,4)19-25(35)30(23)29(31-24(34)18-33(5,6)20-26(31)36)21-14-15-27(28(16-21)39-8-2)40-41(37,38)22-12-10-9-11-13-22/h9-16,29H,7-8,17-20H2,1-6H3. The normalized spacial score (nSPS) is 20.6. The van der Waals surface area contributed by atoms with Crippen LogP contribution in [0.4, 0.5) is 0 Å². The Kier molecular flexibility index (Phi) is 7.43. The zero-order valence-electron chi connectivity index (χ0n) is 24.7. The Morgan fingerprint density at radius 1 is 0.805 bits per heavy atom. The molecule has 0 unspecified atom stereocenters. The van der Waals surface area contributed by atoms with Crippen molar-refractivity contribution in [2.45, 2.75) is 78.0 Å². The SMILES string of the molecule is CCOc1cc(C2C3=C(CC(C)(C)CC3=O)N(CC)C3=C2C(=O)CC(C)(C)C3)ccc1OS(=O)(=O)c1ccccc1. The molecule has 2 aliphatic carbocycles. The van der Waals surface area contributed by atoms with E-state index in [0.29, 0.717) is 30.5 Å². The number of nitrogens with zero attached hydrogens (tertiary/aromatic N) is 1. The minimum atomic E-state index is -4.10. The Bertz CT molecular complexity index is 1510. The smallest absolute Gasteiger partial charge is 0.339 e. The average Bonchev–Trinajstić information content (AvgIpc) is 2.88. The van der Waals surface area contributed by atoms with Crippen molar-refractivity contribution in [3.63, 3.8) is 0 Å². The fraction of sp³-hybridized carbons (Fsp3) is 0.455. The van der Waals surface area contributed by atoms with E-state index in [0.717, 1.165) is 29.8 Å². The number of carbonyl (C=O) groups excluding carboxylic acids is 2. The molecule has 0 atom stereocenters. The third kappa shape index (κ3) is 5.46. The van der Waals surface area contributed by atoms with Crippen LogP contribution in [-0.2, 0) is 19.7 Å². The summed E-state index contributed by atoms with van der Waals surface area (Å²) in [5.74, 6) is -0.142. The van der Waals surface area contributed by atoms with E-state index in [9.17, 15) is 18.0 Å². The maximum atomic E-state index is 13.9. The van der Waals surface area contributed by atoms with Crippen molar-refractivity contribution in [1.82, 2.24) is 4.90 Å². The molecule has 7 nitrogen and oxygen atoms in total. The van der Waals surface area contributed by atoms with Gasteiger partial charge in [0.15, 0.2) is 23.1 Å². The van der Waals surface area contributed by atoms with Crippen molar-refractivity contribution in [2.75, 3.05) is 13.2 Å².